The molecule has 1 saturated heterocycles. The molecule has 1 aliphatic rings. The topological polar surface area (TPSA) is 15.3 Å². The van der Waals surface area contributed by atoms with Gasteiger partial charge in [0.25, 0.3) is 0 Å². The van der Waals surface area contributed by atoms with Crippen molar-refractivity contribution < 1.29 is 0 Å². The Kier molecular flexibility index (Phi) is 5.45. The van der Waals surface area contributed by atoms with Crippen molar-refractivity contribution in [2.75, 3.05) is 19.6 Å². The number of nitrogens with one attached hydrogen (secondary N) is 1. The molecule has 0 spiro atoms. The monoisotopic (exact) mass is 288 g/mol. The normalized spacial score (nSPS) is 18.1. The van der Waals surface area contributed by atoms with Gasteiger partial charge in [-0.05, 0) is 89.7 Å². The summed E-state index contributed by atoms with van der Waals surface area (Å²) in [6.07, 6.45) is 2.65. The van der Waals surface area contributed by atoms with Gasteiger partial charge in [0.05, 0.1) is 0 Å². The summed E-state index contributed by atoms with van der Waals surface area (Å²) in [4.78, 5) is 2.63. The van der Waals surface area contributed by atoms with E-state index >= 15 is 0 Å². The van der Waals surface area contributed by atoms with Crippen molar-refractivity contribution >= 4 is 0 Å². The Morgan fingerprint density at radius 3 is 2.19 bits per heavy atom. The Labute approximate surface area is 130 Å². The van der Waals surface area contributed by atoms with E-state index in [4.69, 9.17) is 0 Å². The molecular weight excluding hydrogens is 256 g/mol. The second-order valence-corrected chi connectivity index (χ2v) is 7.72. The van der Waals surface area contributed by atoms with Crippen LogP contribution in [0.15, 0.2) is 18.2 Å². The molecule has 2 nitrogen and oxygen atoms in total. The molecule has 0 unspecified atom stereocenters. The van der Waals surface area contributed by atoms with Gasteiger partial charge in [0.2, 0.25) is 0 Å². The van der Waals surface area contributed by atoms with Crippen LogP contribution in [-0.4, -0.2) is 30.1 Å². The third-order valence-electron chi connectivity index (χ3n) is 4.65. The van der Waals surface area contributed by atoms with Crippen LogP contribution in [-0.2, 0) is 6.54 Å². The summed E-state index contributed by atoms with van der Waals surface area (Å²) >= 11 is 0. The van der Waals surface area contributed by atoms with Crippen LogP contribution in [0, 0.1) is 19.8 Å². The van der Waals surface area contributed by atoms with Crippen molar-refractivity contribution in [3.05, 3.63) is 34.9 Å². The zero-order valence-electron chi connectivity index (χ0n) is 14.5. The van der Waals surface area contributed by atoms with Crippen LogP contribution in [0.1, 0.15) is 50.3 Å². The summed E-state index contributed by atoms with van der Waals surface area (Å²) in [5.74, 6) is 0.846. The minimum Gasteiger partial charge on any atom is -0.312 e. The lowest BCUT2D eigenvalue weighted by molar-refractivity contribution is 0.170. The standard InChI is InChI=1S/C19H32N2/c1-15-7-6-8-16(2)18(15)14-21-11-9-17(10-12-21)13-20-19(3,4)5/h6-8,17,20H,9-14H2,1-5H3. The molecule has 0 bridgehead atoms. The summed E-state index contributed by atoms with van der Waals surface area (Å²) in [6, 6.07) is 6.64. The van der Waals surface area contributed by atoms with Crippen LogP contribution in [0.3, 0.4) is 0 Å². The van der Waals surface area contributed by atoms with Crippen molar-refractivity contribution in [2.45, 2.75) is 59.5 Å². The van der Waals surface area contributed by atoms with Gasteiger partial charge in [0, 0.05) is 12.1 Å². The van der Waals surface area contributed by atoms with Gasteiger partial charge in [-0.1, -0.05) is 18.2 Å². The fourth-order valence-electron chi connectivity index (χ4n) is 3.12. The van der Waals surface area contributed by atoms with Gasteiger partial charge in [0.1, 0.15) is 0 Å². The number of piperidine rings is 1. The molecular formula is C19H32N2. The number of hydrogen-bond donors (Lipinski definition) is 1. The third kappa shape index (κ3) is 5.12. The first-order chi connectivity index (χ1) is 9.85. The minimum atomic E-state index is 0.245. The zero-order chi connectivity index (χ0) is 15.5. The fourth-order valence-corrected chi connectivity index (χ4v) is 3.12. The molecule has 1 aromatic carbocycles. The lowest BCUT2D eigenvalue weighted by Gasteiger charge is -2.34. The Balaban J connectivity index is 1.82. The summed E-state index contributed by atoms with van der Waals surface area (Å²) in [5.41, 5.74) is 4.65. The highest BCUT2D eigenvalue weighted by Gasteiger charge is 2.21. The summed E-state index contributed by atoms with van der Waals surface area (Å²) in [6.45, 7) is 16.0. The maximum absolute atomic E-state index is 3.66. The maximum Gasteiger partial charge on any atom is 0.0238 e. The van der Waals surface area contributed by atoms with Crippen LogP contribution in [0.25, 0.3) is 0 Å². The second kappa shape index (κ2) is 6.93. The summed E-state index contributed by atoms with van der Waals surface area (Å²) in [5, 5.41) is 3.66. The van der Waals surface area contributed by atoms with Crippen molar-refractivity contribution in [1.29, 1.82) is 0 Å². The Morgan fingerprint density at radius 1 is 1.10 bits per heavy atom. The highest BCUT2D eigenvalue weighted by Crippen LogP contribution is 2.22. The van der Waals surface area contributed by atoms with Gasteiger partial charge < -0.3 is 5.32 Å². The van der Waals surface area contributed by atoms with E-state index in [0.29, 0.717) is 0 Å². The van der Waals surface area contributed by atoms with Gasteiger partial charge >= 0.3 is 0 Å². The maximum atomic E-state index is 3.66. The van der Waals surface area contributed by atoms with Crippen LogP contribution in [0.4, 0.5) is 0 Å². The quantitative estimate of drug-likeness (QED) is 0.904. The van der Waals surface area contributed by atoms with Crippen LogP contribution in [0.2, 0.25) is 0 Å². The SMILES string of the molecule is Cc1cccc(C)c1CN1CCC(CNC(C)(C)C)CC1. The second-order valence-electron chi connectivity index (χ2n) is 7.72. The first kappa shape index (κ1) is 16.5. The van der Waals surface area contributed by atoms with Gasteiger partial charge in [-0.25, -0.2) is 0 Å². The number of aryl methyl sites for hydroxylation is 2. The Hall–Kier alpha value is -0.860. The number of rotatable bonds is 4. The molecule has 0 aromatic heterocycles. The molecule has 0 saturated carbocycles. The van der Waals surface area contributed by atoms with E-state index in [1.54, 1.807) is 0 Å². The minimum absolute atomic E-state index is 0.245. The van der Waals surface area contributed by atoms with Crippen LogP contribution < -0.4 is 5.32 Å². The van der Waals surface area contributed by atoms with Gasteiger partial charge in [0.15, 0.2) is 0 Å². The largest absolute Gasteiger partial charge is 0.312 e. The highest BCUT2D eigenvalue weighted by atomic mass is 15.1. The van der Waals surface area contributed by atoms with E-state index in [-0.39, 0.29) is 5.54 Å². The Morgan fingerprint density at radius 2 is 1.67 bits per heavy atom. The van der Waals surface area contributed by atoms with Crippen molar-refractivity contribution in [3.8, 4) is 0 Å². The van der Waals surface area contributed by atoms with Gasteiger partial charge in [-0.2, -0.15) is 0 Å². The highest BCUT2D eigenvalue weighted by molar-refractivity contribution is 5.33. The van der Waals surface area contributed by atoms with Crippen molar-refractivity contribution in [2.24, 2.45) is 5.92 Å². The van der Waals surface area contributed by atoms with Crippen LogP contribution >= 0.6 is 0 Å². The average Bonchev–Trinajstić information content (AvgIpc) is 2.41. The summed E-state index contributed by atoms with van der Waals surface area (Å²) < 4.78 is 0. The van der Waals surface area contributed by atoms with Crippen LogP contribution in [0.5, 0.6) is 0 Å². The lowest BCUT2D eigenvalue weighted by atomic mass is 9.94. The van der Waals surface area contributed by atoms with E-state index in [9.17, 15) is 0 Å². The molecule has 1 fully saturated rings. The number of benzene rings is 1. The van der Waals surface area contributed by atoms with Gasteiger partial charge in [-0.15, -0.1) is 0 Å². The predicted molar refractivity (Wildman–Crippen MR) is 91.7 cm³/mol. The van der Waals surface area contributed by atoms with E-state index in [1.165, 1.54) is 49.2 Å². The molecule has 0 atom stereocenters. The van der Waals surface area contributed by atoms with Gasteiger partial charge in [-0.3, -0.25) is 4.90 Å². The molecule has 0 amide bonds. The fraction of sp³-hybridized carbons (Fsp3) is 0.684. The first-order valence-corrected chi connectivity index (χ1v) is 8.37. The average molecular weight is 288 g/mol. The molecule has 2 rings (SSSR count). The molecule has 21 heavy (non-hydrogen) atoms. The number of likely N-dealkylation sites (tertiary alicyclic amines) is 1. The Bertz CT molecular complexity index is 431. The number of nitrogens with zero attached hydrogens (tertiary/aromatic N) is 1. The van der Waals surface area contributed by atoms with E-state index in [0.717, 1.165) is 12.5 Å². The first-order valence-electron chi connectivity index (χ1n) is 8.37. The van der Waals surface area contributed by atoms with E-state index in [1.807, 2.05) is 0 Å². The molecule has 0 aliphatic carbocycles. The third-order valence-corrected chi connectivity index (χ3v) is 4.65. The van der Waals surface area contributed by atoms with Crippen molar-refractivity contribution in [1.82, 2.24) is 10.2 Å². The lowest BCUT2D eigenvalue weighted by Crippen LogP contribution is -2.42. The molecule has 118 valence electrons. The summed E-state index contributed by atoms with van der Waals surface area (Å²) in [7, 11) is 0. The van der Waals surface area contributed by atoms with Crippen molar-refractivity contribution in [3.63, 3.8) is 0 Å². The molecule has 1 aromatic rings. The molecule has 1 heterocycles. The molecule has 1 N–H and O–H groups in total. The zero-order valence-corrected chi connectivity index (χ0v) is 14.5. The molecule has 2 heteroatoms. The smallest absolute Gasteiger partial charge is 0.0238 e. The molecule has 0 radical (unpaired) electrons. The molecule has 1 aliphatic heterocycles. The van der Waals surface area contributed by atoms with E-state index in [2.05, 4.69) is 63.0 Å². The predicted octanol–water partition coefficient (Wildman–Crippen LogP) is 3.90. The van der Waals surface area contributed by atoms with E-state index < -0.39 is 0 Å². The number of hydrogen-bond acceptors (Lipinski definition) is 2.